The smallest absolute Gasteiger partial charge is 0.0654 e. The molecule has 268 valence electrons. The zero-order valence-corrected chi connectivity index (χ0v) is 35.1. The first-order chi connectivity index (χ1) is 22.0. The average molecular weight is 780 g/mol. The molecule has 45 heavy (non-hydrogen) atoms. The van der Waals surface area contributed by atoms with Crippen molar-refractivity contribution < 1.29 is 15.7 Å². The van der Waals surface area contributed by atoms with Crippen molar-refractivity contribution >= 4 is 54.7 Å². The molecular formula is C38H76O4S2Sn. The molecule has 0 aliphatic heterocycles. The summed E-state index contributed by atoms with van der Waals surface area (Å²) in [4.78, 5) is 25.9. The number of hydrogen-bond donors (Lipinski definition) is 0. The van der Waals surface area contributed by atoms with Crippen LogP contribution in [0.1, 0.15) is 195 Å². The van der Waals surface area contributed by atoms with Crippen molar-refractivity contribution in [2.75, 3.05) is 23.0 Å². The third-order valence-electron chi connectivity index (χ3n) is 8.65. The molecule has 0 aliphatic carbocycles. The summed E-state index contributed by atoms with van der Waals surface area (Å²) in [6.45, 7) is 8.87. The topological polar surface area (TPSA) is 52.6 Å². The second kappa shape index (κ2) is 35.7. The van der Waals surface area contributed by atoms with E-state index in [0.29, 0.717) is 11.5 Å². The van der Waals surface area contributed by atoms with Crippen LogP contribution in [0.4, 0.5) is 0 Å². The van der Waals surface area contributed by atoms with Crippen molar-refractivity contribution in [1.29, 1.82) is 0 Å². The Balaban J connectivity index is 4.26. The minimum Gasteiger partial charge on any atom is -0.0654 e. The first-order valence-electron chi connectivity index (χ1n) is 19.6. The Labute approximate surface area is 295 Å². The summed E-state index contributed by atoms with van der Waals surface area (Å²) in [5.41, 5.74) is 0. The van der Waals surface area contributed by atoms with Crippen LogP contribution in [0.3, 0.4) is 0 Å². The van der Waals surface area contributed by atoms with Crippen LogP contribution in [0.25, 0.3) is 0 Å². The van der Waals surface area contributed by atoms with Crippen LogP contribution >= 0.6 is 23.5 Å². The van der Waals surface area contributed by atoms with Gasteiger partial charge in [0, 0.05) is 0 Å². The fourth-order valence-corrected chi connectivity index (χ4v) is 17.8. The van der Waals surface area contributed by atoms with Crippen LogP contribution in [0.15, 0.2) is 0 Å². The van der Waals surface area contributed by atoms with E-state index in [9.17, 15) is 9.59 Å². The van der Waals surface area contributed by atoms with Crippen LogP contribution in [0.2, 0.25) is 8.87 Å². The Bertz CT molecular complexity index is 595. The maximum absolute atomic E-state index is 13.0. The van der Waals surface area contributed by atoms with Gasteiger partial charge < -0.3 is 0 Å². The molecule has 0 aromatic heterocycles. The van der Waals surface area contributed by atoms with Crippen molar-refractivity contribution in [3.05, 3.63) is 0 Å². The van der Waals surface area contributed by atoms with E-state index in [2.05, 4.69) is 27.7 Å². The van der Waals surface area contributed by atoms with Crippen molar-refractivity contribution in [3.63, 3.8) is 0 Å². The monoisotopic (exact) mass is 780 g/mol. The first kappa shape index (κ1) is 45.4. The zero-order chi connectivity index (χ0) is 33.1. The summed E-state index contributed by atoms with van der Waals surface area (Å²) in [6.07, 6.45) is 33.5. The van der Waals surface area contributed by atoms with Gasteiger partial charge in [0.1, 0.15) is 0 Å². The summed E-state index contributed by atoms with van der Waals surface area (Å²) in [5, 5.41) is 0. The van der Waals surface area contributed by atoms with Crippen molar-refractivity contribution in [3.8, 4) is 0 Å². The Kier molecular flexibility index (Phi) is 36.1. The molecule has 7 heteroatoms. The summed E-state index contributed by atoms with van der Waals surface area (Å²) in [5.74, 6) is 2.50. The molecule has 0 atom stereocenters. The molecule has 0 rings (SSSR count). The first-order valence-corrected chi connectivity index (χ1v) is 28.3. The molecule has 0 radical (unpaired) electrons. The molecule has 0 aromatic rings. The van der Waals surface area contributed by atoms with Gasteiger partial charge in [-0.1, -0.05) is 65.2 Å². The summed E-state index contributed by atoms with van der Waals surface area (Å²) in [6, 6.07) is 0. The Morgan fingerprint density at radius 1 is 0.400 bits per heavy atom. The Morgan fingerprint density at radius 2 is 0.667 bits per heavy atom. The van der Waals surface area contributed by atoms with Gasteiger partial charge in [0.25, 0.3) is 0 Å². The van der Waals surface area contributed by atoms with E-state index in [1.165, 1.54) is 141 Å². The maximum atomic E-state index is 13.0. The summed E-state index contributed by atoms with van der Waals surface area (Å²) >= 11 is -0.432. The van der Waals surface area contributed by atoms with Gasteiger partial charge in [-0.3, -0.25) is 0 Å². The average Bonchev–Trinajstić information content (AvgIpc) is 3.03. The molecular weight excluding hydrogens is 703 g/mol. The molecule has 0 fully saturated rings. The second-order valence-corrected chi connectivity index (χ2v) is 24.7. The minimum atomic E-state index is -3.82. The van der Waals surface area contributed by atoms with E-state index >= 15 is 0 Å². The summed E-state index contributed by atoms with van der Waals surface area (Å²) < 4.78 is 14.1. The van der Waals surface area contributed by atoms with Crippen LogP contribution in [0, 0.1) is 0 Å². The van der Waals surface area contributed by atoms with Gasteiger partial charge >= 0.3 is 232 Å². The predicted molar refractivity (Wildman–Crippen MR) is 205 cm³/mol. The van der Waals surface area contributed by atoms with E-state index in [1.807, 2.05) is 0 Å². The minimum absolute atomic E-state index is 0.146. The molecule has 0 spiro atoms. The third kappa shape index (κ3) is 31.5. The summed E-state index contributed by atoms with van der Waals surface area (Å²) in [7, 11) is 0. The number of hydrogen-bond acceptors (Lipinski definition) is 6. The van der Waals surface area contributed by atoms with Crippen LogP contribution in [-0.4, -0.2) is 54.2 Å². The number of thioether (sulfide) groups is 2. The van der Waals surface area contributed by atoms with E-state index in [4.69, 9.17) is 6.15 Å². The van der Waals surface area contributed by atoms with E-state index in [-0.39, 0.29) is 11.9 Å². The molecule has 0 aliphatic rings. The van der Waals surface area contributed by atoms with Crippen LogP contribution in [-0.2, 0) is 15.7 Å². The fourth-order valence-electron chi connectivity index (χ4n) is 5.76. The van der Waals surface area contributed by atoms with Crippen molar-refractivity contribution in [1.82, 2.24) is 0 Å². The van der Waals surface area contributed by atoms with E-state index in [1.54, 1.807) is 23.5 Å². The van der Waals surface area contributed by atoms with Gasteiger partial charge in [-0.2, -0.15) is 0 Å². The molecule has 0 heterocycles. The Hall–Kier alpha value is 0.439. The van der Waals surface area contributed by atoms with Gasteiger partial charge in [0.05, 0.1) is 0 Å². The zero-order valence-electron chi connectivity index (χ0n) is 30.6. The van der Waals surface area contributed by atoms with Gasteiger partial charge in [0.15, 0.2) is 0 Å². The molecule has 0 saturated heterocycles. The molecule has 0 unspecified atom stereocenters. The van der Waals surface area contributed by atoms with Crippen LogP contribution < -0.4 is 0 Å². The molecule has 0 saturated carbocycles. The SMILES string of the molecule is CCCCCCCCCCCCCSCC(=O)[O][Sn]([CH2]CCC)([CH2]CCC)[O]C(=O)CSCCCCCCCCCCCCC. The van der Waals surface area contributed by atoms with Gasteiger partial charge in [0.2, 0.25) is 0 Å². The predicted octanol–water partition coefficient (Wildman–Crippen LogP) is 13.2. The standard InChI is InChI=1S/2C15H30O2S.2C4H9.Sn/c2*1-2-3-4-5-6-7-8-9-10-11-12-13-18-14-15(16)17;2*1-3-4-2;/h2*2-14H2,1H3,(H,16,17);2*1,3-4H2,2H3;/q;;;;+2/p-2. The molecule has 0 N–H and O–H groups in total. The number of carbonyl (C=O) groups is 2. The normalized spacial score (nSPS) is 11.6. The quantitative estimate of drug-likeness (QED) is 0.0466. The number of rotatable bonds is 36. The van der Waals surface area contributed by atoms with Gasteiger partial charge in [-0.05, 0) is 0 Å². The van der Waals surface area contributed by atoms with Gasteiger partial charge in [-0.25, -0.2) is 0 Å². The fraction of sp³-hybridized carbons (Fsp3) is 0.947. The molecule has 0 aromatic carbocycles. The van der Waals surface area contributed by atoms with Gasteiger partial charge in [-0.15, -0.1) is 0 Å². The van der Waals surface area contributed by atoms with Crippen molar-refractivity contribution in [2.45, 2.75) is 204 Å². The Morgan fingerprint density at radius 3 is 0.956 bits per heavy atom. The molecule has 4 nitrogen and oxygen atoms in total. The number of carbonyl (C=O) groups excluding carboxylic acids is 2. The van der Waals surface area contributed by atoms with Crippen LogP contribution in [0.5, 0.6) is 0 Å². The molecule has 0 bridgehead atoms. The van der Waals surface area contributed by atoms with Crippen molar-refractivity contribution in [2.24, 2.45) is 0 Å². The third-order valence-corrected chi connectivity index (χ3v) is 20.5. The number of unbranched alkanes of at least 4 members (excludes halogenated alkanes) is 22. The molecule has 0 amide bonds. The van der Waals surface area contributed by atoms with E-state index < -0.39 is 19.2 Å². The second-order valence-electron chi connectivity index (χ2n) is 13.2. The van der Waals surface area contributed by atoms with E-state index in [0.717, 1.165) is 46.1 Å².